The average molecular weight is 330 g/mol. The molecule has 0 bridgehead atoms. The number of nitrogens with one attached hydrogen (secondary N) is 1. The Hall–Kier alpha value is -2.38. The molecule has 4 rings (SSSR count). The number of benzene rings is 1. The first-order valence-corrected chi connectivity index (χ1v) is 8.26. The number of thiophene rings is 1. The fourth-order valence-electron chi connectivity index (χ4n) is 2.08. The van der Waals surface area contributed by atoms with E-state index in [4.69, 9.17) is 9.47 Å². The number of thiazole rings is 1. The van der Waals surface area contributed by atoms with E-state index in [1.54, 1.807) is 29.5 Å². The van der Waals surface area contributed by atoms with Crippen LogP contribution in [0.4, 0.5) is 5.13 Å². The molecule has 0 atom stereocenters. The highest BCUT2D eigenvalue weighted by Crippen LogP contribution is 2.33. The third-order valence-electron chi connectivity index (χ3n) is 3.13. The maximum absolute atomic E-state index is 12.3. The lowest BCUT2D eigenvalue weighted by Gasteiger charge is -2.03. The number of fused-ring (bicyclic) bond motifs is 1. The van der Waals surface area contributed by atoms with Crippen molar-refractivity contribution in [3.8, 4) is 22.1 Å². The summed E-state index contributed by atoms with van der Waals surface area (Å²) in [7, 11) is 0. The molecule has 7 heteroatoms. The van der Waals surface area contributed by atoms with Crippen LogP contribution in [0.25, 0.3) is 10.6 Å². The summed E-state index contributed by atoms with van der Waals surface area (Å²) in [5, 5.41) is 7.31. The van der Waals surface area contributed by atoms with E-state index < -0.39 is 0 Å². The average Bonchev–Trinajstić information content (AvgIpc) is 3.27. The van der Waals surface area contributed by atoms with Crippen LogP contribution >= 0.6 is 22.7 Å². The SMILES string of the molecule is O=C(Nc1nc(-c2cccs2)cs1)c1ccc2c(c1)OCO2. The Bertz CT molecular complexity index is 827. The summed E-state index contributed by atoms with van der Waals surface area (Å²) in [6, 6.07) is 9.09. The summed E-state index contributed by atoms with van der Waals surface area (Å²) in [6.07, 6.45) is 0. The summed E-state index contributed by atoms with van der Waals surface area (Å²) in [5.74, 6) is 1.03. The van der Waals surface area contributed by atoms with Crippen molar-refractivity contribution in [1.29, 1.82) is 0 Å². The molecule has 0 fully saturated rings. The van der Waals surface area contributed by atoms with E-state index in [1.165, 1.54) is 11.3 Å². The van der Waals surface area contributed by atoms with Crippen LogP contribution in [0.1, 0.15) is 10.4 Å². The van der Waals surface area contributed by atoms with Gasteiger partial charge in [-0.25, -0.2) is 4.98 Å². The molecule has 0 saturated heterocycles. The number of hydrogen-bond acceptors (Lipinski definition) is 6. The number of carbonyl (C=O) groups is 1. The molecule has 1 aliphatic rings. The molecule has 3 heterocycles. The maximum Gasteiger partial charge on any atom is 0.257 e. The quantitative estimate of drug-likeness (QED) is 0.792. The fourth-order valence-corrected chi connectivity index (χ4v) is 3.54. The second kappa shape index (κ2) is 5.43. The van der Waals surface area contributed by atoms with Gasteiger partial charge in [-0.2, -0.15) is 0 Å². The van der Waals surface area contributed by atoms with Crippen LogP contribution < -0.4 is 14.8 Å². The van der Waals surface area contributed by atoms with Crippen molar-refractivity contribution in [2.75, 3.05) is 12.1 Å². The lowest BCUT2D eigenvalue weighted by molar-refractivity contribution is 0.102. The van der Waals surface area contributed by atoms with Gasteiger partial charge in [0.1, 0.15) is 0 Å². The van der Waals surface area contributed by atoms with Crippen molar-refractivity contribution in [3.05, 3.63) is 46.7 Å². The number of amides is 1. The van der Waals surface area contributed by atoms with Gasteiger partial charge in [0.05, 0.1) is 10.6 Å². The van der Waals surface area contributed by atoms with Crippen molar-refractivity contribution in [1.82, 2.24) is 4.98 Å². The molecule has 3 aromatic rings. The van der Waals surface area contributed by atoms with Crippen molar-refractivity contribution in [2.45, 2.75) is 0 Å². The molecular weight excluding hydrogens is 320 g/mol. The van der Waals surface area contributed by atoms with Crippen LogP contribution in [0.2, 0.25) is 0 Å². The van der Waals surface area contributed by atoms with E-state index in [2.05, 4.69) is 10.3 Å². The van der Waals surface area contributed by atoms with Gasteiger partial charge in [-0.15, -0.1) is 22.7 Å². The molecule has 1 aliphatic heterocycles. The number of aromatic nitrogens is 1. The summed E-state index contributed by atoms with van der Waals surface area (Å²) < 4.78 is 10.5. The van der Waals surface area contributed by atoms with Crippen molar-refractivity contribution < 1.29 is 14.3 Å². The van der Waals surface area contributed by atoms with Gasteiger partial charge in [0.15, 0.2) is 16.6 Å². The summed E-state index contributed by atoms with van der Waals surface area (Å²) in [6.45, 7) is 0.192. The number of anilines is 1. The van der Waals surface area contributed by atoms with E-state index in [1.807, 2.05) is 22.9 Å². The first-order chi connectivity index (χ1) is 10.8. The molecule has 1 amide bonds. The molecule has 0 unspecified atom stereocenters. The highest BCUT2D eigenvalue weighted by atomic mass is 32.1. The van der Waals surface area contributed by atoms with Crippen LogP contribution in [0.3, 0.4) is 0 Å². The highest BCUT2D eigenvalue weighted by Gasteiger charge is 2.17. The normalized spacial score (nSPS) is 12.4. The summed E-state index contributed by atoms with van der Waals surface area (Å²) >= 11 is 3.02. The van der Waals surface area contributed by atoms with Gasteiger partial charge in [-0.1, -0.05) is 6.07 Å². The molecule has 110 valence electrons. The van der Waals surface area contributed by atoms with Crippen molar-refractivity contribution in [3.63, 3.8) is 0 Å². The van der Waals surface area contributed by atoms with Gasteiger partial charge in [0, 0.05) is 10.9 Å². The van der Waals surface area contributed by atoms with Crippen LogP contribution in [-0.2, 0) is 0 Å². The largest absolute Gasteiger partial charge is 0.454 e. The predicted octanol–water partition coefficient (Wildman–Crippen LogP) is 3.85. The summed E-state index contributed by atoms with van der Waals surface area (Å²) in [4.78, 5) is 17.8. The van der Waals surface area contributed by atoms with E-state index in [0.29, 0.717) is 22.2 Å². The third-order valence-corrected chi connectivity index (χ3v) is 4.78. The van der Waals surface area contributed by atoms with E-state index in [0.717, 1.165) is 10.6 Å². The zero-order valence-electron chi connectivity index (χ0n) is 11.2. The molecule has 2 aromatic heterocycles. The second-order valence-electron chi connectivity index (χ2n) is 4.54. The van der Waals surface area contributed by atoms with E-state index in [-0.39, 0.29) is 12.7 Å². The monoisotopic (exact) mass is 330 g/mol. The van der Waals surface area contributed by atoms with Gasteiger partial charge >= 0.3 is 0 Å². The number of carbonyl (C=O) groups excluding carboxylic acids is 1. The molecule has 0 saturated carbocycles. The topological polar surface area (TPSA) is 60.5 Å². The fraction of sp³-hybridized carbons (Fsp3) is 0.0667. The standard InChI is InChI=1S/C15H10N2O3S2/c18-14(9-3-4-11-12(6-9)20-8-19-11)17-15-16-10(7-22-15)13-2-1-5-21-13/h1-7H,8H2,(H,16,17,18). The Kier molecular flexibility index (Phi) is 3.28. The minimum atomic E-state index is -0.217. The Labute approximate surface area is 134 Å². The molecule has 22 heavy (non-hydrogen) atoms. The molecular formula is C15H10N2O3S2. The van der Waals surface area contributed by atoms with Crippen LogP contribution in [0.5, 0.6) is 11.5 Å². The molecule has 0 spiro atoms. The Morgan fingerprint density at radius 2 is 2.09 bits per heavy atom. The first-order valence-electron chi connectivity index (χ1n) is 6.50. The smallest absolute Gasteiger partial charge is 0.257 e. The minimum absolute atomic E-state index is 0.192. The molecule has 1 aromatic carbocycles. The number of nitrogens with zero attached hydrogens (tertiary/aromatic N) is 1. The van der Waals surface area contributed by atoms with Crippen molar-refractivity contribution in [2.24, 2.45) is 0 Å². The van der Waals surface area contributed by atoms with E-state index >= 15 is 0 Å². The third kappa shape index (κ3) is 2.44. The van der Waals surface area contributed by atoms with Gasteiger partial charge in [-0.05, 0) is 29.6 Å². The van der Waals surface area contributed by atoms with Crippen LogP contribution in [0.15, 0.2) is 41.1 Å². The lowest BCUT2D eigenvalue weighted by atomic mass is 10.2. The van der Waals surface area contributed by atoms with Gasteiger partial charge < -0.3 is 9.47 Å². The second-order valence-corrected chi connectivity index (χ2v) is 6.34. The zero-order chi connectivity index (χ0) is 14.9. The Morgan fingerprint density at radius 3 is 2.95 bits per heavy atom. The van der Waals surface area contributed by atoms with Gasteiger partial charge in [-0.3, -0.25) is 10.1 Å². The van der Waals surface area contributed by atoms with Gasteiger partial charge in [0.25, 0.3) is 5.91 Å². The summed E-state index contributed by atoms with van der Waals surface area (Å²) in [5.41, 5.74) is 1.39. The van der Waals surface area contributed by atoms with Crippen molar-refractivity contribution >= 4 is 33.7 Å². The number of hydrogen-bond donors (Lipinski definition) is 1. The predicted molar refractivity (Wildman–Crippen MR) is 85.9 cm³/mol. The molecule has 0 radical (unpaired) electrons. The Morgan fingerprint density at radius 1 is 1.18 bits per heavy atom. The number of ether oxygens (including phenoxy) is 2. The molecule has 0 aliphatic carbocycles. The first kappa shape index (κ1) is 13.3. The van der Waals surface area contributed by atoms with Crippen LogP contribution in [-0.4, -0.2) is 17.7 Å². The highest BCUT2D eigenvalue weighted by molar-refractivity contribution is 7.16. The molecule has 1 N–H and O–H groups in total. The Balaban J connectivity index is 1.52. The van der Waals surface area contributed by atoms with E-state index in [9.17, 15) is 4.79 Å². The van der Waals surface area contributed by atoms with Crippen LogP contribution in [0, 0.1) is 0 Å². The minimum Gasteiger partial charge on any atom is -0.454 e. The number of rotatable bonds is 3. The zero-order valence-corrected chi connectivity index (χ0v) is 12.9. The molecule has 5 nitrogen and oxygen atoms in total. The maximum atomic E-state index is 12.3. The lowest BCUT2D eigenvalue weighted by Crippen LogP contribution is -2.11. The van der Waals surface area contributed by atoms with Gasteiger partial charge in [0.2, 0.25) is 6.79 Å².